The molecule has 2 rings (SSSR count). The highest BCUT2D eigenvalue weighted by Gasteiger charge is 2.04. The van der Waals surface area contributed by atoms with Crippen molar-refractivity contribution in [1.29, 1.82) is 0 Å². The number of rotatable bonds is 4. The van der Waals surface area contributed by atoms with Crippen LogP contribution in [0, 0.1) is 0 Å². The van der Waals surface area contributed by atoms with Gasteiger partial charge in [-0.3, -0.25) is 0 Å². The highest BCUT2D eigenvalue weighted by Crippen LogP contribution is 2.11. The van der Waals surface area contributed by atoms with E-state index in [0.717, 1.165) is 5.56 Å². The fourth-order valence-corrected chi connectivity index (χ4v) is 1.42. The van der Waals surface area contributed by atoms with Gasteiger partial charge in [-0.1, -0.05) is 30.3 Å². The van der Waals surface area contributed by atoms with Crippen LogP contribution >= 0.6 is 0 Å². The van der Waals surface area contributed by atoms with Gasteiger partial charge in [-0.15, -0.1) is 0 Å². The molecule has 0 aliphatic heterocycles. The van der Waals surface area contributed by atoms with E-state index < -0.39 is 0 Å². The molecule has 0 atom stereocenters. The van der Waals surface area contributed by atoms with Crippen molar-refractivity contribution in [1.82, 2.24) is 9.55 Å². The molecular formula is C12H14N2O2. The van der Waals surface area contributed by atoms with Gasteiger partial charge in [-0.25, -0.2) is 0 Å². The van der Waals surface area contributed by atoms with Crippen molar-refractivity contribution in [2.45, 2.75) is 13.2 Å². The standard InChI is InChI=1S/C12H14N2O2/c1-14-7-12(13-11(14)8-15)16-9-10-5-3-2-4-6-10/h2-7,15H,8-9H2,1H3. The number of nitrogens with zero attached hydrogens (tertiary/aromatic N) is 2. The lowest BCUT2D eigenvalue weighted by Gasteiger charge is -2.01. The summed E-state index contributed by atoms with van der Waals surface area (Å²) < 4.78 is 7.26. The number of ether oxygens (including phenoxy) is 1. The highest BCUT2D eigenvalue weighted by atomic mass is 16.5. The van der Waals surface area contributed by atoms with Crippen molar-refractivity contribution >= 4 is 0 Å². The van der Waals surface area contributed by atoms with Crippen LogP contribution in [-0.4, -0.2) is 14.7 Å². The molecule has 1 heterocycles. The maximum absolute atomic E-state index is 8.98. The first kappa shape index (κ1) is 10.7. The molecule has 1 N–H and O–H groups in total. The average Bonchev–Trinajstić information content (AvgIpc) is 2.69. The van der Waals surface area contributed by atoms with Crippen molar-refractivity contribution < 1.29 is 9.84 Å². The molecule has 0 radical (unpaired) electrons. The molecule has 4 nitrogen and oxygen atoms in total. The van der Waals surface area contributed by atoms with Crippen molar-refractivity contribution in [3.8, 4) is 5.88 Å². The van der Waals surface area contributed by atoms with Crippen molar-refractivity contribution in [3.63, 3.8) is 0 Å². The fourth-order valence-electron chi connectivity index (χ4n) is 1.42. The number of aliphatic hydroxyl groups is 1. The minimum absolute atomic E-state index is 0.0782. The maximum Gasteiger partial charge on any atom is 0.232 e. The molecule has 1 aromatic heterocycles. The zero-order valence-electron chi connectivity index (χ0n) is 9.13. The Bertz CT molecular complexity index is 451. The summed E-state index contributed by atoms with van der Waals surface area (Å²) in [5, 5.41) is 8.98. The van der Waals surface area contributed by atoms with E-state index in [1.807, 2.05) is 37.4 Å². The molecule has 0 spiro atoms. The Kier molecular flexibility index (Phi) is 3.22. The fraction of sp³-hybridized carbons (Fsp3) is 0.250. The molecule has 0 fully saturated rings. The monoisotopic (exact) mass is 218 g/mol. The highest BCUT2D eigenvalue weighted by molar-refractivity contribution is 5.15. The lowest BCUT2D eigenvalue weighted by atomic mass is 10.2. The predicted molar refractivity (Wildman–Crippen MR) is 59.9 cm³/mol. The van der Waals surface area contributed by atoms with Crippen LogP contribution in [0.15, 0.2) is 36.5 Å². The lowest BCUT2D eigenvalue weighted by Crippen LogP contribution is -1.96. The summed E-state index contributed by atoms with van der Waals surface area (Å²) in [5.74, 6) is 1.14. The van der Waals surface area contributed by atoms with E-state index in [9.17, 15) is 0 Å². The summed E-state index contributed by atoms with van der Waals surface area (Å²) in [7, 11) is 1.83. The van der Waals surface area contributed by atoms with Gasteiger partial charge in [0, 0.05) is 7.05 Å². The van der Waals surface area contributed by atoms with E-state index in [1.54, 1.807) is 10.8 Å². The minimum atomic E-state index is -0.0782. The van der Waals surface area contributed by atoms with Crippen LogP contribution < -0.4 is 4.74 Å². The average molecular weight is 218 g/mol. The first-order chi connectivity index (χ1) is 7.79. The van der Waals surface area contributed by atoms with Gasteiger partial charge in [0.15, 0.2) is 0 Å². The SMILES string of the molecule is Cn1cc(OCc2ccccc2)nc1CO. The predicted octanol–water partition coefficient (Wildman–Crippen LogP) is 1.49. The third kappa shape index (κ3) is 2.41. The zero-order valence-corrected chi connectivity index (χ0v) is 9.13. The normalized spacial score (nSPS) is 10.4. The topological polar surface area (TPSA) is 47.3 Å². The number of hydrogen-bond donors (Lipinski definition) is 1. The van der Waals surface area contributed by atoms with E-state index in [4.69, 9.17) is 9.84 Å². The molecule has 0 saturated carbocycles. The smallest absolute Gasteiger partial charge is 0.232 e. The Balaban J connectivity index is 2.00. The molecule has 0 aliphatic carbocycles. The first-order valence-corrected chi connectivity index (χ1v) is 5.09. The molecule has 4 heteroatoms. The van der Waals surface area contributed by atoms with E-state index >= 15 is 0 Å². The first-order valence-electron chi connectivity index (χ1n) is 5.09. The summed E-state index contributed by atoms with van der Waals surface area (Å²) in [5.41, 5.74) is 1.10. The van der Waals surface area contributed by atoms with Gasteiger partial charge in [0.05, 0.1) is 6.20 Å². The molecule has 0 unspecified atom stereocenters. The Hall–Kier alpha value is -1.81. The quantitative estimate of drug-likeness (QED) is 0.845. The van der Waals surface area contributed by atoms with Crippen LogP contribution in [0.2, 0.25) is 0 Å². The number of aromatic nitrogens is 2. The summed E-state index contributed by atoms with van der Waals surface area (Å²) in [4.78, 5) is 4.13. The van der Waals surface area contributed by atoms with E-state index in [-0.39, 0.29) is 6.61 Å². The lowest BCUT2D eigenvalue weighted by molar-refractivity contribution is 0.263. The second-order valence-corrected chi connectivity index (χ2v) is 3.54. The molecule has 84 valence electrons. The molecule has 0 amide bonds. The number of hydrogen-bond acceptors (Lipinski definition) is 3. The Morgan fingerprint density at radius 3 is 2.69 bits per heavy atom. The molecule has 0 saturated heterocycles. The third-order valence-corrected chi connectivity index (χ3v) is 2.32. The van der Waals surface area contributed by atoms with Gasteiger partial charge < -0.3 is 14.4 Å². The van der Waals surface area contributed by atoms with Gasteiger partial charge in [0.25, 0.3) is 0 Å². The van der Waals surface area contributed by atoms with E-state index in [1.165, 1.54) is 0 Å². The Labute approximate surface area is 94.1 Å². The second-order valence-electron chi connectivity index (χ2n) is 3.54. The number of benzene rings is 1. The van der Waals surface area contributed by atoms with Gasteiger partial charge >= 0.3 is 0 Å². The van der Waals surface area contributed by atoms with Gasteiger partial charge in [0.2, 0.25) is 5.88 Å². The van der Waals surface area contributed by atoms with Crippen LogP contribution in [0.3, 0.4) is 0 Å². The number of aliphatic hydroxyl groups excluding tert-OH is 1. The van der Waals surface area contributed by atoms with Crippen LogP contribution in [0.1, 0.15) is 11.4 Å². The minimum Gasteiger partial charge on any atom is -0.472 e. The largest absolute Gasteiger partial charge is 0.472 e. The summed E-state index contributed by atoms with van der Waals surface area (Å²) in [6, 6.07) is 9.90. The van der Waals surface area contributed by atoms with E-state index in [2.05, 4.69) is 4.98 Å². The second kappa shape index (κ2) is 4.81. The molecule has 16 heavy (non-hydrogen) atoms. The van der Waals surface area contributed by atoms with E-state index in [0.29, 0.717) is 18.3 Å². The third-order valence-electron chi connectivity index (χ3n) is 2.32. The van der Waals surface area contributed by atoms with Gasteiger partial charge in [-0.05, 0) is 5.56 Å². The Morgan fingerprint density at radius 1 is 1.31 bits per heavy atom. The van der Waals surface area contributed by atoms with Crippen LogP contribution in [0.5, 0.6) is 5.88 Å². The Morgan fingerprint density at radius 2 is 2.06 bits per heavy atom. The van der Waals surface area contributed by atoms with Crippen molar-refractivity contribution in [2.24, 2.45) is 7.05 Å². The van der Waals surface area contributed by atoms with Crippen molar-refractivity contribution in [3.05, 3.63) is 47.9 Å². The van der Waals surface area contributed by atoms with Gasteiger partial charge in [-0.2, -0.15) is 4.98 Å². The molecule has 1 aromatic carbocycles. The van der Waals surface area contributed by atoms with Crippen LogP contribution in [0.4, 0.5) is 0 Å². The number of aryl methyl sites for hydroxylation is 1. The molecular weight excluding hydrogens is 204 g/mol. The summed E-state index contributed by atoms with van der Waals surface area (Å²) >= 11 is 0. The zero-order chi connectivity index (χ0) is 11.4. The summed E-state index contributed by atoms with van der Waals surface area (Å²) in [6.45, 7) is 0.411. The molecule has 0 bridgehead atoms. The summed E-state index contributed by atoms with van der Waals surface area (Å²) in [6.07, 6.45) is 1.76. The van der Waals surface area contributed by atoms with Crippen LogP contribution in [-0.2, 0) is 20.3 Å². The van der Waals surface area contributed by atoms with Gasteiger partial charge in [0.1, 0.15) is 19.0 Å². The molecule has 2 aromatic rings. The maximum atomic E-state index is 8.98. The number of imidazole rings is 1. The van der Waals surface area contributed by atoms with Crippen LogP contribution in [0.25, 0.3) is 0 Å². The molecule has 0 aliphatic rings. The van der Waals surface area contributed by atoms with Crippen molar-refractivity contribution in [2.75, 3.05) is 0 Å².